The van der Waals surface area contributed by atoms with Crippen LogP contribution >= 0.6 is 15.9 Å². The molecule has 1 amide bonds. The molecule has 1 N–H and O–H groups in total. The zero-order valence-electron chi connectivity index (χ0n) is 8.87. The third-order valence-corrected chi connectivity index (χ3v) is 2.47. The van der Waals surface area contributed by atoms with Gasteiger partial charge in [0.1, 0.15) is 10.7 Å². The molecule has 0 saturated heterocycles. The maximum Gasteiger partial charge on any atom is 0.253 e. The molecule has 0 saturated carbocycles. The predicted octanol–water partition coefficient (Wildman–Crippen LogP) is 2.13. The number of amides is 1. The summed E-state index contributed by atoms with van der Waals surface area (Å²) in [7, 11) is 1.50. The van der Waals surface area contributed by atoms with Gasteiger partial charge in [-0.2, -0.15) is 0 Å². The van der Waals surface area contributed by atoms with Crippen LogP contribution in [0, 0.1) is 6.92 Å². The van der Waals surface area contributed by atoms with Crippen molar-refractivity contribution in [2.75, 3.05) is 12.4 Å². The van der Waals surface area contributed by atoms with E-state index in [4.69, 9.17) is 4.74 Å². The number of nitrogens with one attached hydrogen (secondary N) is 1. The van der Waals surface area contributed by atoms with Crippen LogP contribution in [-0.2, 0) is 9.53 Å². The number of carbonyl (C=O) groups excluding carboxylic acids is 1. The van der Waals surface area contributed by atoms with Crippen LogP contribution < -0.4 is 5.32 Å². The number of anilines is 1. The second-order valence-electron chi connectivity index (χ2n) is 3.13. The molecule has 0 aliphatic carbocycles. The van der Waals surface area contributed by atoms with E-state index in [0.717, 1.165) is 10.3 Å². The van der Waals surface area contributed by atoms with Gasteiger partial charge in [-0.25, -0.2) is 4.98 Å². The summed E-state index contributed by atoms with van der Waals surface area (Å²) < 4.78 is 5.65. The molecule has 1 atom stereocenters. The van der Waals surface area contributed by atoms with Crippen molar-refractivity contribution in [1.29, 1.82) is 0 Å². The third-order valence-electron chi connectivity index (χ3n) is 2.03. The normalized spacial score (nSPS) is 12.3. The summed E-state index contributed by atoms with van der Waals surface area (Å²) in [5, 5.41) is 2.74. The lowest BCUT2D eigenvalue weighted by Gasteiger charge is -2.11. The first-order valence-corrected chi connectivity index (χ1v) is 5.30. The smallest absolute Gasteiger partial charge is 0.253 e. The van der Waals surface area contributed by atoms with Gasteiger partial charge in [0.05, 0.1) is 11.4 Å². The molecule has 5 heteroatoms. The second kappa shape index (κ2) is 5.23. The van der Waals surface area contributed by atoms with Gasteiger partial charge in [-0.15, -0.1) is 0 Å². The van der Waals surface area contributed by atoms with E-state index in [2.05, 4.69) is 26.2 Å². The Morgan fingerprint density at radius 3 is 2.80 bits per heavy atom. The van der Waals surface area contributed by atoms with Crippen LogP contribution in [0.25, 0.3) is 0 Å². The molecule has 15 heavy (non-hydrogen) atoms. The molecular formula is C10H13BrN2O2. The Hall–Kier alpha value is -0.940. The number of pyridine rings is 1. The Bertz CT molecular complexity index is 368. The Morgan fingerprint density at radius 1 is 1.60 bits per heavy atom. The van der Waals surface area contributed by atoms with E-state index in [-0.39, 0.29) is 5.91 Å². The Kier molecular flexibility index (Phi) is 4.23. The van der Waals surface area contributed by atoms with E-state index in [0.29, 0.717) is 5.69 Å². The van der Waals surface area contributed by atoms with Gasteiger partial charge >= 0.3 is 0 Å². The standard InChI is InChI=1S/C10H13BrN2O2/c1-6-8(4-5-9(11)12-6)13-10(14)7(2)15-3/h4-5,7H,1-3H3,(H,13,14). The molecule has 0 aromatic carbocycles. The number of hydrogen-bond donors (Lipinski definition) is 1. The van der Waals surface area contributed by atoms with E-state index in [1.807, 2.05) is 6.92 Å². The molecule has 0 radical (unpaired) electrons. The molecule has 0 spiro atoms. The summed E-state index contributed by atoms with van der Waals surface area (Å²) in [6.45, 7) is 3.52. The van der Waals surface area contributed by atoms with Gasteiger partial charge in [0.15, 0.2) is 0 Å². The van der Waals surface area contributed by atoms with Gasteiger partial charge < -0.3 is 10.1 Å². The van der Waals surface area contributed by atoms with Crippen LogP contribution in [0.4, 0.5) is 5.69 Å². The number of aromatic nitrogens is 1. The Labute approximate surface area is 97.2 Å². The first kappa shape index (κ1) is 12.1. The van der Waals surface area contributed by atoms with Crippen LogP contribution in [-0.4, -0.2) is 24.1 Å². The summed E-state index contributed by atoms with van der Waals surface area (Å²) in [5.41, 5.74) is 1.47. The van der Waals surface area contributed by atoms with Gasteiger partial charge in [-0.3, -0.25) is 4.79 Å². The first-order valence-electron chi connectivity index (χ1n) is 4.51. The maximum absolute atomic E-state index is 11.5. The average molecular weight is 273 g/mol. The first-order chi connectivity index (χ1) is 7.04. The average Bonchev–Trinajstić information content (AvgIpc) is 2.20. The zero-order chi connectivity index (χ0) is 11.4. The number of rotatable bonds is 3. The molecule has 0 fully saturated rings. The second-order valence-corrected chi connectivity index (χ2v) is 3.95. The van der Waals surface area contributed by atoms with Gasteiger partial charge in [0.25, 0.3) is 5.91 Å². The highest BCUT2D eigenvalue weighted by atomic mass is 79.9. The summed E-state index contributed by atoms with van der Waals surface area (Å²) in [5.74, 6) is -0.176. The topological polar surface area (TPSA) is 51.2 Å². The lowest BCUT2D eigenvalue weighted by molar-refractivity contribution is -0.124. The SMILES string of the molecule is COC(C)C(=O)Nc1ccc(Br)nc1C. The van der Waals surface area contributed by atoms with Crippen molar-refractivity contribution in [1.82, 2.24) is 4.98 Å². The fourth-order valence-electron chi connectivity index (χ4n) is 1.00. The molecule has 1 heterocycles. The molecule has 1 aromatic heterocycles. The van der Waals surface area contributed by atoms with Crippen LogP contribution in [0.2, 0.25) is 0 Å². The van der Waals surface area contributed by atoms with Gasteiger partial charge in [-0.1, -0.05) is 0 Å². The van der Waals surface area contributed by atoms with Crippen LogP contribution in [0.5, 0.6) is 0 Å². The van der Waals surface area contributed by atoms with Crippen molar-refractivity contribution in [2.24, 2.45) is 0 Å². The summed E-state index contributed by atoms with van der Waals surface area (Å²) in [6, 6.07) is 3.58. The molecule has 4 nitrogen and oxygen atoms in total. The quantitative estimate of drug-likeness (QED) is 0.858. The highest BCUT2D eigenvalue weighted by Crippen LogP contribution is 2.16. The fourth-order valence-corrected chi connectivity index (χ4v) is 1.40. The highest BCUT2D eigenvalue weighted by molar-refractivity contribution is 9.10. The van der Waals surface area contributed by atoms with Crippen LogP contribution in [0.1, 0.15) is 12.6 Å². The summed E-state index contributed by atoms with van der Waals surface area (Å²) in [4.78, 5) is 15.7. The molecule has 1 rings (SSSR count). The largest absolute Gasteiger partial charge is 0.372 e. The third kappa shape index (κ3) is 3.28. The number of halogens is 1. The van der Waals surface area contributed by atoms with Crippen molar-refractivity contribution >= 4 is 27.5 Å². The van der Waals surface area contributed by atoms with E-state index < -0.39 is 6.10 Å². The fraction of sp³-hybridized carbons (Fsp3) is 0.400. The molecular weight excluding hydrogens is 260 g/mol. The number of nitrogens with zero attached hydrogens (tertiary/aromatic N) is 1. The van der Waals surface area contributed by atoms with Gasteiger partial charge in [-0.05, 0) is 41.9 Å². The molecule has 1 aromatic rings. The monoisotopic (exact) mass is 272 g/mol. The molecule has 0 aliphatic rings. The van der Waals surface area contributed by atoms with Crippen molar-refractivity contribution < 1.29 is 9.53 Å². The predicted molar refractivity (Wildman–Crippen MR) is 61.8 cm³/mol. The minimum absolute atomic E-state index is 0.176. The van der Waals surface area contributed by atoms with Crippen LogP contribution in [0.15, 0.2) is 16.7 Å². The highest BCUT2D eigenvalue weighted by Gasteiger charge is 2.12. The number of aryl methyl sites for hydroxylation is 1. The Balaban J connectivity index is 2.77. The zero-order valence-corrected chi connectivity index (χ0v) is 10.5. The van der Waals surface area contributed by atoms with E-state index in [1.54, 1.807) is 19.1 Å². The number of carbonyl (C=O) groups is 1. The number of hydrogen-bond acceptors (Lipinski definition) is 3. The van der Waals surface area contributed by atoms with Crippen molar-refractivity contribution in [2.45, 2.75) is 20.0 Å². The number of methoxy groups -OCH3 is 1. The molecule has 1 unspecified atom stereocenters. The Morgan fingerprint density at radius 2 is 2.27 bits per heavy atom. The molecule has 82 valence electrons. The van der Waals surface area contributed by atoms with Gasteiger partial charge in [0.2, 0.25) is 0 Å². The van der Waals surface area contributed by atoms with E-state index >= 15 is 0 Å². The van der Waals surface area contributed by atoms with Crippen molar-refractivity contribution in [3.05, 3.63) is 22.4 Å². The minimum atomic E-state index is -0.465. The maximum atomic E-state index is 11.5. The molecule has 0 bridgehead atoms. The lowest BCUT2D eigenvalue weighted by atomic mass is 10.3. The summed E-state index contributed by atoms with van der Waals surface area (Å²) in [6.07, 6.45) is -0.465. The minimum Gasteiger partial charge on any atom is -0.372 e. The van der Waals surface area contributed by atoms with E-state index in [9.17, 15) is 4.79 Å². The number of ether oxygens (including phenoxy) is 1. The lowest BCUT2D eigenvalue weighted by Crippen LogP contribution is -2.26. The van der Waals surface area contributed by atoms with Crippen molar-refractivity contribution in [3.63, 3.8) is 0 Å². The van der Waals surface area contributed by atoms with Gasteiger partial charge in [0, 0.05) is 7.11 Å². The van der Waals surface area contributed by atoms with Crippen molar-refractivity contribution in [3.8, 4) is 0 Å². The molecule has 0 aliphatic heterocycles. The summed E-state index contributed by atoms with van der Waals surface area (Å²) >= 11 is 3.26. The van der Waals surface area contributed by atoms with Crippen LogP contribution in [0.3, 0.4) is 0 Å². The van der Waals surface area contributed by atoms with E-state index in [1.165, 1.54) is 7.11 Å².